The summed E-state index contributed by atoms with van der Waals surface area (Å²) < 4.78 is 44.1. The number of nitrogens with one attached hydrogen (secondary N) is 1. The van der Waals surface area contributed by atoms with Crippen molar-refractivity contribution in [2.24, 2.45) is 0 Å². The first-order chi connectivity index (χ1) is 15.3. The van der Waals surface area contributed by atoms with Crippen LogP contribution < -0.4 is 14.2 Å². The molecule has 0 bridgehead atoms. The number of likely N-dealkylation sites (tertiary alicyclic amines) is 1. The fraction of sp³-hybridized carbons (Fsp3) is 0.350. The van der Waals surface area contributed by atoms with Crippen molar-refractivity contribution < 1.29 is 27.2 Å². The molecule has 1 aliphatic rings. The molecule has 170 valence electrons. The zero-order valence-corrected chi connectivity index (χ0v) is 19.4. The summed E-state index contributed by atoms with van der Waals surface area (Å²) in [6.45, 7) is 3.01. The van der Waals surface area contributed by atoms with E-state index in [1.165, 1.54) is 31.6 Å². The van der Waals surface area contributed by atoms with E-state index >= 15 is 0 Å². The van der Waals surface area contributed by atoms with E-state index in [0.29, 0.717) is 40.0 Å². The van der Waals surface area contributed by atoms with Crippen molar-refractivity contribution in [1.82, 2.24) is 15.0 Å². The van der Waals surface area contributed by atoms with Crippen LogP contribution in [-0.4, -0.2) is 56.7 Å². The molecule has 1 fully saturated rings. The molecule has 3 aromatic rings. The Balaban J connectivity index is 1.59. The maximum atomic E-state index is 13.0. The number of methoxy groups -OCH3 is 2. The average Bonchev–Trinajstić information content (AvgIpc) is 3.53. The molecule has 0 spiro atoms. The smallest absolute Gasteiger partial charge is 0.316 e. The number of rotatable bonds is 7. The Morgan fingerprint density at radius 2 is 1.78 bits per heavy atom. The summed E-state index contributed by atoms with van der Waals surface area (Å²) in [4.78, 5) is 19.4. The molecule has 32 heavy (non-hydrogen) atoms. The van der Waals surface area contributed by atoms with Gasteiger partial charge in [-0.1, -0.05) is 5.16 Å². The number of benzene rings is 1. The lowest BCUT2D eigenvalue weighted by Crippen LogP contribution is -2.27. The van der Waals surface area contributed by atoms with E-state index in [-0.39, 0.29) is 22.5 Å². The van der Waals surface area contributed by atoms with Crippen molar-refractivity contribution >= 4 is 33.0 Å². The second kappa shape index (κ2) is 8.79. The number of hydrogen-bond acceptors (Lipinski definition) is 9. The van der Waals surface area contributed by atoms with Crippen LogP contribution in [0.15, 0.2) is 33.7 Å². The second-order valence-corrected chi connectivity index (χ2v) is 10.1. The van der Waals surface area contributed by atoms with Crippen LogP contribution in [0.3, 0.4) is 0 Å². The van der Waals surface area contributed by atoms with Crippen molar-refractivity contribution in [2.45, 2.75) is 24.7 Å². The van der Waals surface area contributed by atoms with Crippen LogP contribution in [0, 0.1) is 6.92 Å². The van der Waals surface area contributed by atoms with Crippen molar-refractivity contribution in [3.8, 4) is 22.2 Å². The Hall–Kier alpha value is -3.12. The molecule has 4 rings (SSSR count). The molecule has 1 saturated heterocycles. The van der Waals surface area contributed by atoms with Gasteiger partial charge in [0.15, 0.2) is 0 Å². The zero-order valence-electron chi connectivity index (χ0n) is 17.7. The lowest BCUT2D eigenvalue weighted by Gasteiger charge is -2.11. The summed E-state index contributed by atoms with van der Waals surface area (Å²) in [5, 5.41) is 3.87. The summed E-state index contributed by atoms with van der Waals surface area (Å²) in [7, 11) is -0.951. The third kappa shape index (κ3) is 4.41. The molecule has 0 unspecified atom stereocenters. The number of amides is 1. The number of sulfonamides is 1. The number of nitrogens with zero attached hydrogens (tertiary/aromatic N) is 3. The van der Waals surface area contributed by atoms with Crippen molar-refractivity contribution in [1.29, 1.82) is 0 Å². The highest BCUT2D eigenvalue weighted by Gasteiger charge is 2.27. The number of aromatic nitrogens is 2. The molecule has 1 aromatic carbocycles. The van der Waals surface area contributed by atoms with Crippen molar-refractivity contribution in [3.05, 3.63) is 35.0 Å². The fourth-order valence-corrected chi connectivity index (χ4v) is 5.94. The van der Waals surface area contributed by atoms with Crippen LogP contribution in [0.2, 0.25) is 0 Å². The van der Waals surface area contributed by atoms with Gasteiger partial charge in [-0.05, 0) is 25.8 Å². The minimum absolute atomic E-state index is 0.0801. The maximum absolute atomic E-state index is 13.0. The number of thiophene rings is 1. The van der Waals surface area contributed by atoms with E-state index < -0.39 is 10.0 Å². The third-order valence-electron chi connectivity index (χ3n) is 4.99. The lowest BCUT2D eigenvalue weighted by molar-refractivity contribution is 0.0743. The van der Waals surface area contributed by atoms with Gasteiger partial charge in [-0.3, -0.25) is 9.52 Å². The largest absolute Gasteiger partial charge is 0.497 e. The molecule has 1 amide bonds. The van der Waals surface area contributed by atoms with Crippen LogP contribution in [0.5, 0.6) is 11.5 Å². The van der Waals surface area contributed by atoms with Crippen LogP contribution in [0.25, 0.3) is 10.7 Å². The van der Waals surface area contributed by atoms with Gasteiger partial charge in [0.2, 0.25) is 5.82 Å². The number of aryl methyl sites for hydroxylation is 1. The summed E-state index contributed by atoms with van der Waals surface area (Å²) in [6, 6.07) is 6.22. The Morgan fingerprint density at radius 1 is 1.12 bits per heavy atom. The molecule has 1 N–H and O–H groups in total. The molecular weight excluding hydrogens is 456 g/mol. The van der Waals surface area contributed by atoms with E-state index in [1.54, 1.807) is 30.0 Å². The van der Waals surface area contributed by atoms with Crippen LogP contribution in [0.1, 0.15) is 28.4 Å². The fourth-order valence-electron chi connectivity index (χ4n) is 3.38. The third-order valence-corrected chi connectivity index (χ3v) is 7.67. The molecule has 0 aliphatic carbocycles. The molecule has 0 atom stereocenters. The number of carbonyl (C=O) groups is 1. The molecule has 2 aromatic heterocycles. The maximum Gasteiger partial charge on any atom is 0.316 e. The highest BCUT2D eigenvalue weighted by molar-refractivity contribution is 7.93. The summed E-state index contributed by atoms with van der Waals surface area (Å²) in [6.07, 6.45) is 1.90. The van der Waals surface area contributed by atoms with E-state index in [4.69, 9.17) is 14.0 Å². The van der Waals surface area contributed by atoms with Gasteiger partial charge in [0, 0.05) is 36.2 Å². The Bertz CT molecular complexity index is 1220. The van der Waals surface area contributed by atoms with Gasteiger partial charge in [-0.25, -0.2) is 8.42 Å². The molecular formula is C20H22N4O6S2. The first-order valence-corrected chi connectivity index (χ1v) is 12.1. The minimum atomic E-state index is -3.92. The molecule has 0 radical (unpaired) electrons. The van der Waals surface area contributed by atoms with Gasteiger partial charge in [-0.2, -0.15) is 4.98 Å². The highest BCUT2D eigenvalue weighted by Crippen LogP contribution is 2.34. The number of ether oxygens (including phenoxy) is 2. The quantitative estimate of drug-likeness (QED) is 0.549. The molecule has 10 nitrogen and oxygen atoms in total. The SMILES string of the molecule is COc1cc(NS(=O)(=O)c2cc(-c3noc(C(=O)N4CCCC4)n3)sc2C)cc(OC)c1. The predicted octanol–water partition coefficient (Wildman–Crippen LogP) is 3.16. The Labute approximate surface area is 189 Å². The van der Waals surface area contributed by atoms with Crippen LogP contribution in [0.4, 0.5) is 5.69 Å². The van der Waals surface area contributed by atoms with Crippen molar-refractivity contribution in [3.63, 3.8) is 0 Å². The Kier molecular flexibility index (Phi) is 6.07. The summed E-state index contributed by atoms with van der Waals surface area (Å²) in [5.41, 5.74) is 0.298. The zero-order chi connectivity index (χ0) is 22.9. The van der Waals surface area contributed by atoms with Crippen molar-refractivity contribution in [2.75, 3.05) is 32.0 Å². The predicted molar refractivity (Wildman–Crippen MR) is 118 cm³/mol. The van der Waals surface area contributed by atoms with E-state index in [2.05, 4.69) is 14.9 Å². The molecule has 3 heterocycles. The topological polar surface area (TPSA) is 124 Å². The van der Waals surface area contributed by atoms with Gasteiger partial charge < -0.3 is 18.9 Å². The lowest BCUT2D eigenvalue weighted by atomic mass is 10.3. The van der Waals surface area contributed by atoms with E-state index in [0.717, 1.165) is 12.8 Å². The molecule has 1 aliphatic heterocycles. The Morgan fingerprint density at radius 3 is 2.41 bits per heavy atom. The van der Waals surface area contributed by atoms with Gasteiger partial charge in [0.25, 0.3) is 10.0 Å². The normalized spacial score (nSPS) is 13.9. The first-order valence-electron chi connectivity index (χ1n) is 9.80. The van der Waals surface area contributed by atoms with Crippen LogP contribution >= 0.6 is 11.3 Å². The van der Waals surface area contributed by atoms with Gasteiger partial charge in [0.1, 0.15) is 16.4 Å². The van der Waals surface area contributed by atoms with Gasteiger partial charge in [-0.15, -0.1) is 11.3 Å². The highest BCUT2D eigenvalue weighted by atomic mass is 32.2. The second-order valence-electron chi connectivity index (χ2n) is 7.16. The first kappa shape index (κ1) is 22.1. The minimum Gasteiger partial charge on any atom is -0.497 e. The standard InChI is InChI=1S/C20H22N4O6S2/c1-12-17(32(26,27)23-13-8-14(28-2)10-15(9-13)29-3)11-16(31-12)18-21-19(30-22-18)20(25)24-6-4-5-7-24/h8-11,23H,4-7H2,1-3H3. The summed E-state index contributed by atoms with van der Waals surface area (Å²) >= 11 is 1.20. The monoisotopic (exact) mass is 478 g/mol. The van der Waals surface area contributed by atoms with E-state index in [9.17, 15) is 13.2 Å². The number of hydrogen-bond donors (Lipinski definition) is 1. The van der Waals surface area contributed by atoms with E-state index in [1.807, 2.05) is 0 Å². The average molecular weight is 479 g/mol. The number of anilines is 1. The number of carbonyl (C=O) groups excluding carboxylic acids is 1. The summed E-state index contributed by atoms with van der Waals surface area (Å²) in [5.74, 6) is 0.665. The van der Waals surface area contributed by atoms with Gasteiger partial charge >= 0.3 is 11.8 Å². The molecule has 0 saturated carbocycles. The van der Waals surface area contributed by atoms with Gasteiger partial charge in [0.05, 0.1) is 24.8 Å². The van der Waals surface area contributed by atoms with Crippen LogP contribution in [-0.2, 0) is 10.0 Å². The molecule has 12 heteroatoms.